The number of carbonyl (C=O) groups is 4. The predicted octanol–water partition coefficient (Wildman–Crippen LogP) is 5.68. The summed E-state index contributed by atoms with van der Waals surface area (Å²) in [6, 6.07) is 10.6. The largest absolute Gasteiger partial charge is 0.481 e. The van der Waals surface area contributed by atoms with Gasteiger partial charge in [-0.05, 0) is 73.9 Å². The molecule has 0 saturated heterocycles. The summed E-state index contributed by atoms with van der Waals surface area (Å²) in [5.41, 5.74) is 8.13. The molecule has 0 fully saturated rings. The van der Waals surface area contributed by atoms with E-state index < -0.39 is 27.7 Å². The maximum atomic E-state index is 13.9. The normalized spacial score (nSPS) is 10.8. The van der Waals surface area contributed by atoms with Crippen molar-refractivity contribution >= 4 is 74.2 Å². The molecule has 1 heterocycles. The molecule has 0 aliphatic rings. The number of anilines is 2. The summed E-state index contributed by atoms with van der Waals surface area (Å²) in [4.78, 5) is 47.6. The molecular formula is C34H45N5O8S3. The number of thioether (sulfide) groups is 1. The second-order valence-electron chi connectivity index (χ2n) is 10.9. The summed E-state index contributed by atoms with van der Waals surface area (Å²) >= 11 is 2.46. The Kier molecular flexibility index (Phi) is 17.8. The highest BCUT2D eigenvalue weighted by Crippen LogP contribution is 2.40. The minimum Gasteiger partial charge on any atom is -0.481 e. The summed E-state index contributed by atoms with van der Waals surface area (Å²) in [5.74, 6) is -1.45. The fourth-order valence-corrected chi connectivity index (χ4v) is 8.92. The number of carboxylic acids is 1. The number of aliphatic hydroxyl groups is 1. The van der Waals surface area contributed by atoms with Gasteiger partial charge in [-0.2, -0.15) is 0 Å². The number of aliphatic carboxylic acids is 1. The topological polar surface area (TPSA) is 229 Å². The van der Waals surface area contributed by atoms with Crippen molar-refractivity contribution in [1.82, 2.24) is 5.32 Å². The third kappa shape index (κ3) is 12.4. The highest BCUT2D eigenvalue weighted by atomic mass is 32.2. The quantitative estimate of drug-likeness (QED) is 0.0344. The fraction of sp³-hybridized carbons (Fsp3) is 0.382. The summed E-state index contributed by atoms with van der Waals surface area (Å²) in [5, 5.41) is 32.5. The van der Waals surface area contributed by atoms with E-state index in [-0.39, 0.29) is 41.3 Å². The number of sulfone groups is 1. The van der Waals surface area contributed by atoms with E-state index in [0.717, 1.165) is 39.1 Å². The van der Waals surface area contributed by atoms with E-state index in [1.807, 2.05) is 0 Å². The molecule has 13 nitrogen and oxygen atoms in total. The lowest BCUT2D eigenvalue weighted by Crippen LogP contribution is -2.29. The zero-order valence-electron chi connectivity index (χ0n) is 28.3. The molecule has 0 spiro atoms. The maximum absolute atomic E-state index is 13.9. The molecule has 0 saturated carbocycles. The molecule has 0 radical (unpaired) electrons. The Bertz CT molecular complexity index is 1760. The summed E-state index contributed by atoms with van der Waals surface area (Å²) in [7, 11) is -3.02. The number of hydrogen-bond acceptors (Lipinski definition) is 11. The first-order valence-electron chi connectivity index (χ1n) is 15.8. The van der Waals surface area contributed by atoms with Crippen LogP contribution in [0.15, 0.2) is 56.5 Å². The minimum absolute atomic E-state index is 0.0183. The van der Waals surface area contributed by atoms with Crippen LogP contribution in [0.5, 0.6) is 0 Å². The lowest BCUT2D eigenvalue weighted by molar-refractivity contribution is -0.137. The number of aliphatic hydroxyl groups excluding tert-OH is 1. The van der Waals surface area contributed by atoms with Crippen molar-refractivity contribution in [3.8, 4) is 11.1 Å². The third-order valence-corrected chi connectivity index (χ3v) is 11.6. The number of rotatable bonds is 19. The van der Waals surface area contributed by atoms with Crippen LogP contribution in [-0.4, -0.2) is 75.0 Å². The second kappa shape index (κ2) is 21.2. The van der Waals surface area contributed by atoms with Gasteiger partial charge in [0.25, 0.3) is 0 Å². The molecular weight excluding hydrogens is 703 g/mol. The van der Waals surface area contributed by atoms with Crippen LogP contribution in [0.25, 0.3) is 11.1 Å². The first-order valence-corrected chi connectivity index (χ1v) is 19.3. The third-order valence-electron chi connectivity index (χ3n) is 7.27. The van der Waals surface area contributed by atoms with Crippen LogP contribution >= 0.6 is 23.1 Å². The van der Waals surface area contributed by atoms with Crippen molar-refractivity contribution in [2.45, 2.75) is 72.3 Å². The van der Waals surface area contributed by atoms with Gasteiger partial charge in [0.15, 0.2) is 0 Å². The number of nitrogens with two attached hydrogens (primary N) is 1. The van der Waals surface area contributed by atoms with E-state index in [0.29, 0.717) is 50.1 Å². The standard InChI is InChI=1S/C33H41N5O7S3.CH4O/c1-21-16-23(37-33(43)36-14-6-4-3-5-7-15-39)18-26(38-29(40)12-9-13-30(41)42)31(21)22-10-8-11-24(17-22)48(44,45)28-19-27(25(35)20-34)47-32(28)46-2;1-2/h8,10-11,15-19,35H,3-7,9,12-14,20,34H2,1-2H3,(H,38,40)(H,41,42)(H2,36,37,43);2H,1H3. The van der Waals surface area contributed by atoms with E-state index in [2.05, 4.69) is 16.0 Å². The van der Waals surface area contributed by atoms with Gasteiger partial charge in [0.2, 0.25) is 15.7 Å². The van der Waals surface area contributed by atoms with E-state index in [1.54, 1.807) is 37.4 Å². The maximum Gasteiger partial charge on any atom is 0.319 e. The molecule has 1 aromatic heterocycles. The Hall–Kier alpha value is -4.09. The molecule has 50 heavy (non-hydrogen) atoms. The van der Waals surface area contributed by atoms with Gasteiger partial charge in [0, 0.05) is 50.7 Å². The van der Waals surface area contributed by atoms with E-state index in [1.165, 1.54) is 41.3 Å². The Morgan fingerprint density at radius 1 is 1.00 bits per heavy atom. The number of unbranched alkanes of at least 4 members (excludes halogenated alkanes) is 4. The molecule has 8 N–H and O–H groups in total. The Morgan fingerprint density at radius 3 is 2.38 bits per heavy atom. The van der Waals surface area contributed by atoms with Gasteiger partial charge in [-0.1, -0.05) is 25.0 Å². The zero-order chi connectivity index (χ0) is 37.3. The van der Waals surface area contributed by atoms with Crippen LogP contribution in [0, 0.1) is 12.3 Å². The monoisotopic (exact) mass is 747 g/mol. The van der Waals surface area contributed by atoms with Crippen LogP contribution < -0.4 is 21.7 Å². The zero-order valence-corrected chi connectivity index (χ0v) is 30.8. The smallest absolute Gasteiger partial charge is 0.319 e. The van der Waals surface area contributed by atoms with Crippen molar-refractivity contribution < 1.29 is 37.8 Å². The van der Waals surface area contributed by atoms with Crippen molar-refractivity contribution in [2.75, 3.05) is 37.1 Å². The Morgan fingerprint density at radius 2 is 1.72 bits per heavy atom. The predicted molar refractivity (Wildman–Crippen MR) is 198 cm³/mol. The lowest BCUT2D eigenvalue weighted by atomic mass is 9.97. The summed E-state index contributed by atoms with van der Waals surface area (Å²) in [6.45, 7) is 2.19. The van der Waals surface area contributed by atoms with Crippen molar-refractivity contribution in [3.63, 3.8) is 0 Å². The highest BCUT2D eigenvalue weighted by molar-refractivity contribution is 8.01. The van der Waals surface area contributed by atoms with Gasteiger partial charge in [-0.25, -0.2) is 13.2 Å². The summed E-state index contributed by atoms with van der Waals surface area (Å²) in [6.07, 6.45) is 6.41. The number of nitrogens with one attached hydrogen (secondary N) is 4. The number of aryl methyl sites for hydroxylation is 1. The van der Waals surface area contributed by atoms with E-state index >= 15 is 0 Å². The molecule has 3 aromatic rings. The second-order valence-corrected chi connectivity index (χ2v) is 15.0. The van der Waals surface area contributed by atoms with Gasteiger partial charge in [0.05, 0.1) is 30.3 Å². The van der Waals surface area contributed by atoms with E-state index in [9.17, 15) is 27.6 Å². The number of benzene rings is 2. The minimum atomic E-state index is -4.02. The SMILES string of the molecule is CO.CSc1sc(C(=N)CN)cc1S(=O)(=O)c1cccc(-c2c(C)cc(NC(=O)NCCCCCCC=O)cc2NC(=O)CCCC(=O)O)c1. The number of hydrogen-bond donors (Lipinski definition) is 7. The number of urea groups is 1. The average Bonchev–Trinajstić information content (AvgIpc) is 3.54. The Labute approximate surface area is 300 Å². The number of carboxylic acid groups (broad SMARTS) is 1. The molecule has 3 rings (SSSR count). The van der Waals surface area contributed by atoms with Crippen molar-refractivity contribution in [2.24, 2.45) is 5.73 Å². The van der Waals surface area contributed by atoms with E-state index in [4.69, 9.17) is 21.4 Å². The molecule has 3 amide bonds. The molecule has 272 valence electrons. The van der Waals surface area contributed by atoms with Crippen LogP contribution in [0.4, 0.5) is 16.2 Å². The van der Waals surface area contributed by atoms with Gasteiger partial charge < -0.3 is 42.1 Å². The molecule has 0 unspecified atom stereocenters. The van der Waals surface area contributed by atoms with Crippen molar-refractivity contribution in [3.05, 3.63) is 52.9 Å². The molecule has 2 aromatic carbocycles. The van der Waals surface area contributed by atoms with Gasteiger partial charge in [-0.15, -0.1) is 23.1 Å². The van der Waals surface area contributed by atoms with Gasteiger partial charge in [-0.3, -0.25) is 9.59 Å². The number of aldehydes is 1. The average molecular weight is 748 g/mol. The summed E-state index contributed by atoms with van der Waals surface area (Å²) < 4.78 is 28.3. The fourth-order valence-electron chi connectivity index (χ4n) is 4.92. The lowest BCUT2D eigenvalue weighted by Gasteiger charge is -2.18. The molecule has 0 bridgehead atoms. The molecule has 0 aliphatic carbocycles. The number of thiophene rings is 1. The van der Waals surface area contributed by atoms with Crippen LogP contribution in [0.2, 0.25) is 0 Å². The number of carbonyl (C=O) groups excluding carboxylic acids is 3. The van der Waals surface area contributed by atoms with Crippen LogP contribution in [-0.2, 0) is 24.2 Å². The van der Waals surface area contributed by atoms with Gasteiger partial charge in [0.1, 0.15) is 6.29 Å². The molecule has 0 atom stereocenters. The Balaban J connectivity index is 0.00000425. The molecule has 16 heteroatoms. The van der Waals surface area contributed by atoms with Crippen molar-refractivity contribution in [1.29, 1.82) is 5.41 Å². The highest BCUT2D eigenvalue weighted by Gasteiger charge is 2.26. The number of amides is 3. The van der Waals surface area contributed by atoms with Gasteiger partial charge >= 0.3 is 12.0 Å². The van der Waals surface area contributed by atoms with Crippen LogP contribution in [0.1, 0.15) is 61.8 Å². The van der Waals surface area contributed by atoms with Crippen LogP contribution in [0.3, 0.4) is 0 Å². The molecule has 0 aliphatic heterocycles. The first-order chi connectivity index (χ1) is 23.9. The first kappa shape index (κ1) is 42.1.